The highest BCUT2D eigenvalue weighted by molar-refractivity contribution is 5.92. The van der Waals surface area contributed by atoms with E-state index in [0.717, 1.165) is 24.9 Å². The second kappa shape index (κ2) is 9.64. The number of benzene rings is 1. The Labute approximate surface area is 164 Å². The summed E-state index contributed by atoms with van der Waals surface area (Å²) in [6, 6.07) is 10.1. The molecule has 0 aliphatic heterocycles. The van der Waals surface area contributed by atoms with Crippen molar-refractivity contribution in [1.29, 1.82) is 0 Å². The van der Waals surface area contributed by atoms with E-state index < -0.39 is 0 Å². The molecule has 7 heteroatoms. The normalized spacial score (nSPS) is 13.4. The number of allylic oxidation sites excluding steroid dienone is 1. The van der Waals surface area contributed by atoms with E-state index in [0.29, 0.717) is 17.9 Å². The molecule has 1 amide bonds. The average Bonchev–Trinajstić information content (AvgIpc) is 2.75. The number of amides is 1. The molecule has 28 heavy (non-hydrogen) atoms. The molecule has 0 saturated heterocycles. The molecule has 3 rings (SSSR count). The van der Waals surface area contributed by atoms with E-state index in [2.05, 4.69) is 31.6 Å². The lowest BCUT2D eigenvalue weighted by molar-refractivity contribution is 0.0600. The molecular formula is C21H24N4O3. The van der Waals surface area contributed by atoms with E-state index in [9.17, 15) is 9.59 Å². The second-order valence-corrected chi connectivity index (χ2v) is 6.61. The molecule has 0 unspecified atom stereocenters. The largest absolute Gasteiger partial charge is 0.465 e. The Morgan fingerprint density at radius 3 is 2.54 bits per heavy atom. The number of carbonyl (C=O) groups is 2. The van der Waals surface area contributed by atoms with Crippen molar-refractivity contribution in [2.45, 2.75) is 32.1 Å². The highest BCUT2D eigenvalue weighted by Crippen LogP contribution is 2.19. The van der Waals surface area contributed by atoms with Crippen LogP contribution in [0.2, 0.25) is 0 Å². The van der Waals surface area contributed by atoms with Crippen molar-refractivity contribution in [1.82, 2.24) is 15.5 Å². The summed E-state index contributed by atoms with van der Waals surface area (Å²) in [5.74, 6) is -0.103. The number of esters is 1. The molecule has 146 valence electrons. The van der Waals surface area contributed by atoms with Gasteiger partial charge in [0.1, 0.15) is 0 Å². The first-order chi connectivity index (χ1) is 13.7. The van der Waals surface area contributed by atoms with Gasteiger partial charge in [-0.05, 0) is 68.5 Å². The van der Waals surface area contributed by atoms with Crippen LogP contribution in [0.5, 0.6) is 0 Å². The quantitative estimate of drug-likeness (QED) is 0.563. The summed E-state index contributed by atoms with van der Waals surface area (Å²) in [6.45, 7) is 0.610. The van der Waals surface area contributed by atoms with Crippen molar-refractivity contribution in [2.75, 3.05) is 19.0 Å². The molecule has 2 aromatic rings. The standard InChI is InChI=1S/C21H24N4O3/c1-28-21(27)16-7-9-17(10-8-16)23-19-12-11-18(24-25-19)20(26)22-14-13-15-5-3-2-4-6-15/h5,7-12H,2-4,6,13-14H2,1H3,(H,22,26)(H,23,25). The van der Waals surface area contributed by atoms with E-state index in [1.807, 2.05) is 0 Å². The third-order valence-electron chi connectivity index (χ3n) is 4.59. The van der Waals surface area contributed by atoms with Crippen molar-refractivity contribution in [3.05, 3.63) is 59.3 Å². The number of carbonyl (C=O) groups excluding carboxylic acids is 2. The van der Waals surface area contributed by atoms with Gasteiger partial charge in [-0.3, -0.25) is 4.79 Å². The van der Waals surface area contributed by atoms with Crippen molar-refractivity contribution in [2.24, 2.45) is 0 Å². The van der Waals surface area contributed by atoms with Gasteiger partial charge in [0.05, 0.1) is 12.7 Å². The number of ether oxygens (including phenoxy) is 1. The number of hydrogen-bond donors (Lipinski definition) is 2. The molecule has 0 saturated carbocycles. The Morgan fingerprint density at radius 1 is 1.07 bits per heavy atom. The zero-order chi connectivity index (χ0) is 19.8. The number of nitrogens with zero attached hydrogens (tertiary/aromatic N) is 2. The smallest absolute Gasteiger partial charge is 0.337 e. The lowest BCUT2D eigenvalue weighted by atomic mass is 9.97. The summed E-state index contributed by atoms with van der Waals surface area (Å²) >= 11 is 0. The SMILES string of the molecule is COC(=O)c1ccc(Nc2ccc(C(=O)NCCC3=CCCCC3)nn2)cc1. The van der Waals surface area contributed by atoms with Gasteiger partial charge in [0.25, 0.3) is 5.91 Å². The van der Waals surface area contributed by atoms with Crippen LogP contribution in [0.4, 0.5) is 11.5 Å². The maximum Gasteiger partial charge on any atom is 0.337 e. The van der Waals surface area contributed by atoms with Gasteiger partial charge in [-0.1, -0.05) is 11.6 Å². The monoisotopic (exact) mass is 380 g/mol. The number of nitrogens with one attached hydrogen (secondary N) is 2. The molecule has 0 radical (unpaired) electrons. The third kappa shape index (κ3) is 5.39. The van der Waals surface area contributed by atoms with Crippen LogP contribution in [0.1, 0.15) is 53.0 Å². The molecule has 1 aliphatic rings. The molecule has 1 aromatic heterocycles. The van der Waals surface area contributed by atoms with Gasteiger partial charge in [-0.15, -0.1) is 10.2 Å². The van der Waals surface area contributed by atoms with Crippen LogP contribution in [0.15, 0.2) is 48.0 Å². The molecule has 0 bridgehead atoms. The van der Waals surface area contributed by atoms with Crippen LogP contribution in [-0.2, 0) is 4.74 Å². The van der Waals surface area contributed by atoms with Crippen molar-refractivity contribution >= 4 is 23.4 Å². The Bertz CT molecular complexity index is 845. The van der Waals surface area contributed by atoms with Crippen molar-refractivity contribution in [3.8, 4) is 0 Å². The van der Waals surface area contributed by atoms with Crippen LogP contribution in [-0.4, -0.2) is 35.7 Å². The molecule has 1 heterocycles. The summed E-state index contributed by atoms with van der Waals surface area (Å²) in [5, 5.41) is 14.0. The fourth-order valence-corrected chi connectivity index (χ4v) is 3.03. The maximum atomic E-state index is 12.2. The molecule has 0 fully saturated rings. The van der Waals surface area contributed by atoms with Crippen LogP contribution in [0, 0.1) is 0 Å². The minimum atomic E-state index is -0.388. The number of hydrogen-bond acceptors (Lipinski definition) is 6. The van der Waals surface area contributed by atoms with E-state index in [1.165, 1.54) is 25.5 Å². The lowest BCUT2D eigenvalue weighted by Crippen LogP contribution is -2.26. The van der Waals surface area contributed by atoms with Gasteiger partial charge in [0, 0.05) is 12.2 Å². The predicted molar refractivity (Wildman–Crippen MR) is 107 cm³/mol. The predicted octanol–water partition coefficient (Wildman–Crippen LogP) is 3.63. The fraction of sp³-hybridized carbons (Fsp3) is 0.333. The summed E-state index contributed by atoms with van der Waals surface area (Å²) in [4.78, 5) is 23.6. The Morgan fingerprint density at radius 2 is 1.89 bits per heavy atom. The molecule has 7 nitrogen and oxygen atoms in total. The first-order valence-electron chi connectivity index (χ1n) is 9.41. The summed E-state index contributed by atoms with van der Waals surface area (Å²) in [7, 11) is 1.34. The molecule has 1 aromatic carbocycles. The maximum absolute atomic E-state index is 12.2. The summed E-state index contributed by atoms with van der Waals surface area (Å²) in [5.41, 5.74) is 2.93. The first-order valence-corrected chi connectivity index (χ1v) is 9.41. The van der Waals surface area contributed by atoms with Gasteiger partial charge < -0.3 is 15.4 Å². The van der Waals surface area contributed by atoms with E-state index in [-0.39, 0.29) is 17.6 Å². The van der Waals surface area contributed by atoms with Crippen LogP contribution in [0.25, 0.3) is 0 Å². The van der Waals surface area contributed by atoms with Gasteiger partial charge in [-0.25, -0.2) is 4.79 Å². The minimum absolute atomic E-state index is 0.224. The number of rotatable bonds is 7. The van der Waals surface area contributed by atoms with Crippen LogP contribution >= 0.6 is 0 Å². The highest BCUT2D eigenvalue weighted by Gasteiger charge is 2.10. The number of anilines is 2. The molecule has 0 spiro atoms. The Kier molecular flexibility index (Phi) is 6.73. The Hall–Kier alpha value is -3.22. The lowest BCUT2D eigenvalue weighted by Gasteiger charge is -2.12. The van der Waals surface area contributed by atoms with Gasteiger partial charge >= 0.3 is 5.97 Å². The highest BCUT2D eigenvalue weighted by atomic mass is 16.5. The molecule has 0 atom stereocenters. The van der Waals surface area contributed by atoms with Gasteiger partial charge in [0.15, 0.2) is 11.5 Å². The van der Waals surface area contributed by atoms with Crippen molar-refractivity contribution < 1.29 is 14.3 Å². The molecule has 2 N–H and O–H groups in total. The van der Waals surface area contributed by atoms with Crippen LogP contribution in [0.3, 0.4) is 0 Å². The van der Waals surface area contributed by atoms with E-state index >= 15 is 0 Å². The summed E-state index contributed by atoms with van der Waals surface area (Å²) < 4.78 is 4.67. The fourth-order valence-electron chi connectivity index (χ4n) is 3.03. The molecule has 1 aliphatic carbocycles. The number of methoxy groups -OCH3 is 1. The second-order valence-electron chi connectivity index (χ2n) is 6.61. The zero-order valence-corrected chi connectivity index (χ0v) is 15.9. The number of aromatic nitrogens is 2. The van der Waals surface area contributed by atoms with E-state index in [1.54, 1.807) is 36.4 Å². The third-order valence-corrected chi connectivity index (χ3v) is 4.59. The average molecular weight is 380 g/mol. The Balaban J connectivity index is 1.50. The van der Waals surface area contributed by atoms with Crippen molar-refractivity contribution in [3.63, 3.8) is 0 Å². The van der Waals surface area contributed by atoms with Gasteiger partial charge in [-0.2, -0.15) is 0 Å². The van der Waals surface area contributed by atoms with E-state index in [4.69, 9.17) is 0 Å². The zero-order valence-electron chi connectivity index (χ0n) is 15.9. The topological polar surface area (TPSA) is 93.2 Å². The molecular weight excluding hydrogens is 356 g/mol. The summed E-state index contributed by atoms with van der Waals surface area (Å²) in [6.07, 6.45) is 7.96. The van der Waals surface area contributed by atoms with Gasteiger partial charge in [0.2, 0.25) is 0 Å². The minimum Gasteiger partial charge on any atom is -0.465 e. The van der Waals surface area contributed by atoms with Crippen LogP contribution < -0.4 is 10.6 Å². The first kappa shape index (κ1) is 19.5.